The third-order valence-corrected chi connectivity index (χ3v) is 3.12. The van der Waals surface area contributed by atoms with Crippen LogP contribution < -0.4 is 4.74 Å². The van der Waals surface area contributed by atoms with Crippen molar-refractivity contribution in [2.45, 2.75) is 0 Å². The number of thiophene rings is 1. The summed E-state index contributed by atoms with van der Waals surface area (Å²) in [4.78, 5) is 17.6. The topological polar surface area (TPSA) is 60.8 Å². The minimum atomic E-state index is 0.574. The fourth-order valence-corrected chi connectivity index (χ4v) is 2.45. The molecule has 0 atom stereocenters. The molecule has 0 aliphatic heterocycles. The fraction of sp³-hybridized carbons (Fsp3) is 0.111. The van der Waals surface area contributed by atoms with Crippen molar-refractivity contribution in [3.05, 3.63) is 18.7 Å². The highest BCUT2D eigenvalue weighted by Crippen LogP contribution is 2.33. The lowest BCUT2D eigenvalue weighted by molar-refractivity contribution is 0.403. The van der Waals surface area contributed by atoms with Gasteiger partial charge in [0.05, 0.1) is 7.11 Å². The Morgan fingerprint density at radius 1 is 1.07 bits per heavy atom. The van der Waals surface area contributed by atoms with Gasteiger partial charge in [0, 0.05) is 12.4 Å². The van der Waals surface area contributed by atoms with E-state index in [9.17, 15) is 0 Å². The first-order chi connectivity index (χ1) is 7.40. The van der Waals surface area contributed by atoms with Crippen LogP contribution in [0.2, 0.25) is 0 Å². The van der Waals surface area contributed by atoms with Crippen LogP contribution in [-0.2, 0) is 0 Å². The van der Waals surface area contributed by atoms with Crippen molar-refractivity contribution in [2.24, 2.45) is 0 Å². The zero-order chi connectivity index (χ0) is 10.3. The summed E-state index contributed by atoms with van der Waals surface area (Å²) in [6.07, 6.45) is 4.79. The Bertz CT molecular complexity index is 636. The summed E-state index contributed by atoms with van der Waals surface area (Å²) in [7, 11) is 1.59. The first-order valence-corrected chi connectivity index (χ1v) is 5.10. The number of rotatable bonds is 1. The summed E-state index contributed by atoms with van der Waals surface area (Å²) in [5.41, 5.74) is 1.60. The smallest absolute Gasteiger partial charge is 0.234 e. The normalized spacial score (nSPS) is 11.0. The van der Waals surface area contributed by atoms with Crippen LogP contribution in [0, 0.1) is 0 Å². The number of methoxy groups -OCH3 is 1. The maximum Gasteiger partial charge on any atom is 0.234 e. The maximum absolute atomic E-state index is 5.16. The minimum Gasteiger partial charge on any atom is -0.480 e. The Morgan fingerprint density at radius 3 is 2.80 bits per heavy atom. The largest absolute Gasteiger partial charge is 0.480 e. The zero-order valence-corrected chi connectivity index (χ0v) is 8.65. The monoisotopic (exact) mass is 218 g/mol. The molecule has 3 aromatic heterocycles. The molecule has 3 heterocycles. The lowest BCUT2D eigenvalue weighted by Crippen LogP contribution is -1.88. The van der Waals surface area contributed by atoms with Crippen LogP contribution in [0.25, 0.3) is 20.6 Å². The van der Waals surface area contributed by atoms with E-state index < -0.39 is 0 Å². The van der Waals surface area contributed by atoms with Gasteiger partial charge in [0.15, 0.2) is 0 Å². The summed E-state index contributed by atoms with van der Waals surface area (Å²) >= 11 is 1.49. The summed E-state index contributed by atoms with van der Waals surface area (Å²) < 4.78 is 6.05. The molecule has 0 saturated heterocycles. The predicted molar refractivity (Wildman–Crippen MR) is 57.1 cm³/mol. The first kappa shape index (κ1) is 8.49. The minimum absolute atomic E-state index is 0.574. The van der Waals surface area contributed by atoms with Crippen LogP contribution in [0.3, 0.4) is 0 Å². The molecule has 0 saturated carbocycles. The van der Waals surface area contributed by atoms with Gasteiger partial charge in [0.2, 0.25) is 5.88 Å². The molecule has 0 N–H and O–H groups in total. The van der Waals surface area contributed by atoms with E-state index in [0.717, 1.165) is 20.6 Å². The molecule has 5 nitrogen and oxygen atoms in total. The lowest BCUT2D eigenvalue weighted by atomic mass is 10.4. The van der Waals surface area contributed by atoms with Gasteiger partial charge >= 0.3 is 0 Å². The summed E-state index contributed by atoms with van der Waals surface area (Å²) in [6, 6.07) is 0. The molecule has 0 aliphatic rings. The van der Waals surface area contributed by atoms with Crippen molar-refractivity contribution in [2.75, 3.05) is 7.11 Å². The first-order valence-electron chi connectivity index (χ1n) is 4.28. The number of ether oxygens (including phenoxy) is 1. The second-order valence-corrected chi connectivity index (χ2v) is 3.87. The second kappa shape index (κ2) is 3.09. The molecular formula is C9H6N4OS. The third-order valence-electron chi connectivity index (χ3n) is 2.05. The Morgan fingerprint density at radius 2 is 1.93 bits per heavy atom. The Kier molecular flexibility index (Phi) is 1.75. The molecule has 0 amide bonds. The van der Waals surface area contributed by atoms with Crippen LogP contribution in [0.5, 0.6) is 5.88 Å². The number of nitrogens with zero attached hydrogens (tertiary/aromatic N) is 4. The Hall–Kier alpha value is -1.82. The third kappa shape index (κ3) is 1.15. The van der Waals surface area contributed by atoms with Crippen LogP contribution in [0.15, 0.2) is 18.7 Å². The molecule has 3 aromatic rings. The number of hydrogen-bond acceptors (Lipinski definition) is 6. The zero-order valence-electron chi connectivity index (χ0n) is 7.84. The molecule has 0 fully saturated rings. The van der Waals surface area contributed by atoms with E-state index in [1.165, 1.54) is 17.7 Å². The average molecular weight is 218 g/mol. The van der Waals surface area contributed by atoms with Gasteiger partial charge in [-0.2, -0.15) is 0 Å². The van der Waals surface area contributed by atoms with Crippen molar-refractivity contribution in [1.29, 1.82) is 0 Å². The lowest BCUT2D eigenvalue weighted by Gasteiger charge is -1.96. The molecule has 3 rings (SSSR count). The highest BCUT2D eigenvalue weighted by molar-refractivity contribution is 7.25. The maximum atomic E-state index is 5.16. The van der Waals surface area contributed by atoms with E-state index in [-0.39, 0.29) is 0 Å². The standard InChI is InChI=1S/C9H6N4OS/c1-14-8-7-5(12-4-13-8)6-9(15-7)11-3-2-10-6/h2-4H,1H3. The predicted octanol–water partition coefficient (Wildman–Crippen LogP) is 1.64. The Balaban J connectivity index is 2.53. The number of fused-ring (bicyclic) bond motifs is 3. The van der Waals surface area contributed by atoms with Gasteiger partial charge in [-0.15, -0.1) is 11.3 Å². The molecule has 15 heavy (non-hydrogen) atoms. The van der Waals surface area contributed by atoms with Gasteiger partial charge in [0.25, 0.3) is 0 Å². The number of hydrogen-bond donors (Lipinski definition) is 0. The van der Waals surface area contributed by atoms with E-state index in [4.69, 9.17) is 4.74 Å². The van der Waals surface area contributed by atoms with E-state index >= 15 is 0 Å². The SMILES string of the molecule is COc1ncnc2c1sc1nccnc12. The van der Waals surface area contributed by atoms with E-state index in [0.29, 0.717) is 5.88 Å². The highest BCUT2D eigenvalue weighted by Gasteiger charge is 2.12. The van der Waals surface area contributed by atoms with Gasteiger partial charge in [-0.05, 0) is 0 Å². The van der Waals surface area contributed by atoms with Crippen molar-refractivity contribution in [3.63, 3.8) is 0 Å². The van der Waals surface area contributed by atoms with Crippen LogP contribution in [0.1, 0.15) is 0 Å². The molecule has 0 bridgehead atoms. The van der Waals surface area contributed by atoms with Crippen molar-refractivity contribution in [3.8, 4) is 5.88 Å². The van der Waals surface area contributed by atoms with E-state index in [1.807, 2.05) is 0 Å². The van der Waals surface area contributed by atoms with Gasteiger partial charge in [-0.1, -0.05) is 0 Å². The Labute approximate surface area is 88.8 Å². The molecular weight excluding hydrogens is 212 g/mol. The highest BCUT2D eigenvalue weighted by atomic mass is 32.1. The van der Waals surface area contributed by atoms with E-state index in [2.05, 4.69) is 19.9 Å². The second-order valence-electron chi connectivity index (χ2n) is 2.87. The molecule has 0 aliphatic carbocycles. The van der Waals surface area contributed by atoms with Gasteiger partial charge in [-0.25, -0.2) is 19.9 Å². The molecule has 0 aromatic carbocycles. The van der Waals surface area contributed by atoms with Crippen LogP contribution >= 0.6 is 11.3 Å². The number of aromatic nitrogens is 4. The van der Waals surface area contributed by atoms with E-state index in [1.54, 1.807) is 19.5 Å². The molecule has 74 valence electrons. The molecule has 0 spiro atoms. The molecule has 0 unspecified atom stereocenters. The van der Waals surface area contributed by atoms with Gasteiger partial charge in [0.1, 0.15) is 26.9 Å². The summed E-state index contributed by atoms with van der Waals surface area (Å²) in [5, 5.41) is 0. The van der Waals surface area contributed by atoms with Crippen LogP contribution in [-0.4, -0.2) is 27.0 Å². The van der Waals surface area contributed by atoms with Gasteiger partial charge < -0.3 is 4.74 Å². The average Bonchev–Trinajstić information content (AvgIpc) is 2.67. The quantitative estimate of drug-likeness (QED) is 0.621. The van der Waals surface area contributed by atoms with Crippen LogP contribution in [0.4, 0.5) is 0 Å². The van der Waals surface area contributed by atoms with Crippen molar-refractivity contribution in [1.82, 2.24) is 19.9 Å². The molecule has 0 radical (unpaired) electrons. The molecule has 6 heteroatoms. The van der Waals surface area contributed by atoms with Gasteiger partial charge in [-0.3, -0.25) is 0 Å². The summed E-state index contributed by atoms with van der Waals surface area (Å²) in [6.45, 7) is 0. The van der Waals surface area contributed by atoms with Crippen molar-refractivity contribution < 1.29 is 4.74 Å². The summed E-state index contributed by atoms with van der Waals surface area (Å²) in [5.74, 6) is 0.574. The fourth-order valence-electron chi connectivity index (χ4n) is 1.42. The van der Waals surface area contributed by atoms with Crippen molar-refractivity contribution >= 4 is 31.9 Å².